The smallest absolute Gasteiger partial charge is 0.172 e. The van der Waals surface area contributed by atoms with Gasteiger partial charge in [-0.2, -0.15) is 9.61 Å². The fourth-order valence-electron chi connectivity index (χ4n) is 2.79. The van der Waals surface area contributed by atoms with Gasteiger partial charge in [0, 0.05) is 24.7 Å². The van der Waals surface area contributed by atoms with Crippen molar-refractivity contribution in [2.75, 3.05) is 23.7 Å². The van der Waals surface area contributed by atoms with E-state index in [0.29, 0.717) is 46.1 Å². The molecule has 0 amide bonds. The van der Waals surface area contributed by atoms with Crippen molar-refractivity contribution in [3.63, 3.8) is 0 Å². The highest BCUT2D eigenvalue weighted by Gasteiger charge is 2.13. The molecule has 0 aliphatic carbocycles. The van der Waals surface area contributed by atoms with Gasteiger partial charge in [0.15, 0.2) is 5.65 Å². The van der Waals surface area contributed by atoms with Gasteiger partial charge >= 0.3 is 0 Å². The molecular weight excluding hydrogens is 441 g/mol. The molecule has 0 spiro atoms. The van der Waals surface area contributed by atoms with Gasteiger partial charge in [-0.3, -0.25) is 0 Å². The van der Waals surface area contributed by atoms with E-state index in [1.54, 1.807) is 47.1 Å². The summed E-state index contributed by atoms with van der Waals surface area (Å²) in [5, 5.41) is 13.6. The van der Waals surface area contributed by atoms with E-state index < -0.39 is 0 Å². The fourth-order valence-corrected chi connectivity index (χ4v) is 3.14. The first-order valence-corrected chi connectivity index (χ1v) is 9.51. The maximum Gasteiger partial charge on any atom is 0.172 e. The highest BCUT2D eigenvalue weighted by Crippen LogP contribution is 2.27. The third-order valence-electron chi connectivity index (χ3n) is 4.17. The number of anilines is 2. The second kappa shape index (κ2) is 8.31. The average molecular weight is 456 g/mol. The Morgan fingerprint density at radius 3 is 2.69 bits per heavy atom. The number of hydrogen-bond donors (Lipinski definition) is 2. The van der Waals surface area contributed by atoms with Crippen LogP contribution in [0.4, 0.5) is 21.7 Å². The zero-order valence-corrected chi connectivity index (χ0v) is 16.6. The summed E-state index contributed by atoms with van der Waals surface area (Å²) in [5.41, 5.74) is 1.78. The van der Waals surface area contributed by atoms with Crippen LogP contribution in [0.15, 0.2) is 64.5 Å². The van der Waals surface area contributed by atoms with Crippen LogP contribution in [-0.2, 0) is 0 Å². The van der Waals surface area contributed by atoms with Gasteiger partial charge in [-0.05, 0) is 45.4 Å². The fraction of sp³-hybridized carbons (Fsp3) is 0.105. The number of hydrogen-bond acceptors (Lipinski definition) is 7. The summed E-state index contributed by atoms with van der Waals surface area (Å²) >= 11 is 3.43. The van der Waals surface area contributed by atoms with Gasteiger partial charge in [0.25, 0.3) is 0 Å². The molecule has 146 valence electrons. The Bertz CT molecular complexity index is 1160. The number of aromatic nitrogens is 4. The zero-order valence-electron chi connectivity index (χ0n) is 15.0. The van der Waals surface area contributed by atoms with Gasteiger partial charge in [-0.15, -0.1) is 4.91 Å². The molecule has 0 radical (unpaired) electrons. The molecule has 0 unspecified atom stereocenters. The molecule has 3 aromatic heterocycles. The van der Waals surface area contributed by atoms with E-state index in [2.05, 4.69) is 46.8 Å². The van der Waals surface area contributed by atoms with Crippen LogP contribution >= 0.6 is 15.9 Å². The molecule has 0 aliphatic heterocycles. The molecule has 4 rings (SSSR count). The van der Waals surface area contributed by atoms with Crippen LogP contribution < -0.4 is 10.6 Å². The van der Waals surface area contributed by atoms with Gasteiger partial charge in [-0.25, -0.2) is 14.4 Å². The van der Waals surface area contributed by atoms with Gasteiger partial charge in [-0.1, -0.05) is 12.1 Å². The Balaban J connectivity index is 1.53. The Morgan fingerprint density at radius 1 is 1.10 bits per heavy atom. The summed E-state index contributed by atoms with van der Waals surface area (Å²) in [6.07, 6.45) is 3.04. The lowest BCUT2D eigenvalue weighted by Gasteiger charge is -2.12. The highest BCUT2D eigenvalue weighted by molar-refractivity contribution is 9.10. The van der Waals surface area contributed by atoms with Crippen LogP contribution in [-0.4, -0.2) is 32.7 Å². The number of fused-ring (bicyclic) bond motifs is 1. The molecule has 29 heavy (non-hydrogen) atoms. The van der Waals surface area contributed by atoms with Gasteiger partial charge in [0.2, 0.25) is 0 Å². The number of nitrogens with one attached hydrogen (secondary N) is 2. The first-order valence-electron chi connectivity index (χ1n) is 8.72. The largest absolute Gasteiger partial charge is 0.368 e. The molecule has 3 heterocycles. The molecule has 0 bridgehead atoms. The minimum absolute atomic E-state index is 0.276. The average Bonchev–Trinajstić information content (AvgIpc) is 3.13. The highest BCUT2D eigenvalue weighted by atomic mass is 79.9. The predicted octanol–water partition coefficient (Wildman–Crippen LogP) is 4.61. The van der Waals surface area contributed by atoms with Crippen molar-refractivity contribution in [2.45, 2.75) is 0 Å². The Kier molecular flexibility index (Phi) is 5.43. The number of pyridine rings is 1. The topological polar surface area (TPSA) is 96.6 Å². The zero-order chi connectivity index (χ0) is 20.2. The van der Waals surface area contributed by atoms with E-state index in [4.69, 9.17) is 0 Å². The van der Waals surface area contributed by atoms with Crippen molar-refractivity contribution < 1.29 is 4.39 Å². The lowest BCUT2D eigenvalue weighted by atomic mass is 10.1. The maximum atomic E-state index is 14.2. The first kappa shape index (κ1) is 18.9. The number of nitroso groups, excluding NO2 is 1. The van der Waals surface area contributed by atoms with E-state index >= 15 is 0 Å². The minimum Gasteiger partial charge on any atom is -0.368 e. The van der Waals surface area contributed by atoms with E-state index in [0.717, 1.165) is 0 Å². The molecule has 0 aliphatic rings. The van der Waals surface area contributed by atoms with Crippen molar-refractivity contribution in [1.82, 2.24) is 19.6 Å². The lowest BCUT2D eigenvalue weighted by Crippen LogP contribution is -2.16. The van der Waals surface area contributed by atoms with Crippen molar-refractivity contribution >= 4 is 38.9 Å². The summed E-state index contributed by atoms with van der Waals surface area (Å²) in [6.45, 7) is 1.10. The predicted molar refractivity (Wildman–Crippen MR) is 113 cm³/mol. The number of halogens is 2. The van der Waals surface area contributed by atoms with Crippen molar-refractivity contribution in [2.24, 2.45) is 5.18 Å². The molecule has 0 saturated heterocycles. The Hall–Kier alpha value is -3.40. The monoisotopic (exact) mass is 455 g/mol. The molecule has 4 aromatic rings. The van der Waals surface area contributed by atoms with E-state index in [1.807, 2.05) is 0 Å². The molecule has 8 nitrogen and oxygen atoms in total. The molecule has 2 N–H and O–H groups in total. The Morgan fingerprint density at radius 2 is 1.93 bits per heavy atom. The maximum absolute atomic E-state index is 14.2. The third-order valence-corrected chi connectivity index (χ3v) is 4.73. The SMILES string of the molecule is O=Nc1ccc(NCCNc2cc(-c3ccccc3F)nc3c(Br)cnn23)nc1. The standard InChI is InChI=1S/C19H15BrFN7O/c20-14-11-25-28-18(23-8-7-22-17-6-5-12(27-29)10-24-17)9-16(26-19(14)28)13-3-1-2-4-15(13)21/h1-6,9-11,23H,7-8H2,(H,22,24). The summed E-state index contributed by atoms with van der Waals surface area (Å²) in [6, 6.07) is 11.5. The second-order valence-corrected chi connectivity index (χ2v) is 6.94. The van der Waals surface area contributed by atoms with Gasteiger partial charge in [0.1, 0.15) is 23.1 Å². The van der Waals surface area contributed by atoms with Crippen LogP contribution in [0, 0.1) is 10.7 Å². The Labute approximate surface area is 173 Å². The molecule has 0 saturated carbocycles. The van der Waals surface area contributed by atoms with Gasteiger partial charge < -0.3 is 10.6 Å². The molecule has 0 atom stereocenters. The first-order chi connectivity index (χ1) is 14.2. The van der Waals surface area contributed by atoms with Crippen molar-refractivity contribution in [1.29, 1.82) is 0 Å². The van der Waals surface area contributed by atoms with E-state index in [-0.39, 0.29) is 11.5 Å². The normalized spacial score (nSPS) is 10.8. The minimum atomic E-state index is -0.341. The molecule has 10 heteroatoms. The number of benzene rings is 1. The second-order valence-electron chi connectivity index (χ2n) is 6.08. The molecule has 1 aromatic carbocycles. The summed E-state index contributed by atoms with van der Waals surface area (Å²) < 4.78 is 16.6. The van der Waals surface area contributed by atoms with Crippen LogP contribution in [0.5, 0.6) is 0 Å². The quantitative estimate of drug-likeness (QED) is 0.311. The van der Waals surface area contributed by atoms with Crippen LogP contribution in [0.3, 0.4) is 0 Å². The number of rotatable bonds is 7. The summed E-state index contributed by atoms with van der Waals surface area (Å²) in [5.74, 6) is 0.967. The lowest BCUT2D eigenvalue weighted by molar-refractivity contribution is 0.630. The summed E-state index contributed by atoms with van der Waals surface area (Å²) in [7, 11) is 0. The van der Waals surface area contributed by atoms with Crippen LogP contribution in [0.1, 0.15) is 0 Å². The van der Waals surface area contributed by atoms with Crippen molar-refractivity contribution in [3.05, 3.63) is 70.1 Å². The third kappa shape index (κ3) is 4.06. The van der Waals surface area contributed by atoms with E-state index in [1.165, 1.54) is 12.3 Å². The summed E-state index contributed by atoms with van der Waals surface area (Å²) in [4.78, 5) is 19.1. The number of nitrogens with zero attached hydrogens (tertiary/aromatic N) is 5. The molecular formula is C19H15BrFN7O. The van der Waals surface area contributed by atoms with Crippen LogP contribution in [0.2, 0.25) is 0 Å². The van der Waals surface area contributed by atoms with Gasteiger partial charge in [0.05, 0.1) is 22.6 Å². The van der Waals surface area contributed by atoms with Crippen LogP contribution in [0.25, 0.3) is 16.9 Å². The van der Waals surface area contributed by atoms with E-state index in [9.17, 15) is 9.30 Å². The molecule has 0 fully saturated rings. The van der Waals surface area contributed by atoms with Crippen molar-refractivity contribution in [3.8, 4) is 11.3 Å².